The molecule has 38 heavy (non-hydrogen) atoms. The van der Waals surface area contributed by atoms with Crippen LogP contribution in [0.1, 0.15) is 24.3 Å². The number of urea groups is 1. The molecule has 0 spiro atoms. The van der Waals surface area contributed by atoms with Gasteiger partial charge in [-0.25, -0.2) is 9.78 Å². The average Bonchev–Trinajstić information content (AvgIpc) is 3.61. The summed E-state index contributed by atoms with van der Waals surface area (Å²) in [5.74, 6) is 1.89. The van der Waals surface area contributed by atoms with Crippen molar-refractivity contribution < 1.29 is 18.7 Å². The van der Waals surface area contributed by atoms with Crippen LogP contribution in [0.5, 0.6) is 5.75 Å². The van der Waals surface area contributed by atoms with Crippen LogP contribution in [0.15, 0.2) is 47.0 Å². The van der Waals surface area contributed by atoms with Gasteiger partial charge in [0.1, 0.15) is 5.75 Å². The number of ether oxygens (including phenoxy) is 1. The SMILES string of the molecule is COc1cc(N2CCN(C(=O)NCC3(C(=O)Nc4ccc(C)c(Cl)c4)CC3)CC2)ccc1-c1cnc(C)o1. The maximum atomic E-state index is 12.9. The number of hydrogen-bond acceptors (Lipinski definition) is 6. The first kappa shape index (κ1) is 25.9. The number of nitrogens with zero attached hydrogens (tertiary/aromatic N) is 3. The zero-order valence-electron chi connectivity index (χ0n) is 21.8. The van der Waals surface area contributed by atoms with Gasteiger partial charge < -0.3 is 29.6 Å². The second kappa shape index (κ2) is 10.6. The van der Waals surface area contributed by atoms with Crippen molar-refractivity contribution in [2.24, 2.45) is 5.41 Å². The van der Waals surface area contributed by atoms with Gasteiger partial charge in [0.2, 0.25) is 5.91 Å². The Morgan fingerprint density at radius 3 is 2.50 bits per heavy atom. The topological polar surface area (TPSA) is 99.9 Å². The molecule has 0 unspecified atom stereocenters. The van der Waals surface area contributed by atoms with E-state index in [1.165, 1.54) is 0 Å². The zero-order valence-corrected chi connectivity index (χ0v) is 22.6. The number of amides is 3. The number of piperazine rings is 1. The molecule has 1 aromatic heterocycles. The second-order valence-corrected chi connectivity index (χ2v) is 10.4. The molecule has 0 radical (unpaired) electrons. The Morgan fingerprint density at radius 1 is 1.11 bits per heavy atom. The molecule has 2 aliphatic rings. The lowest BCUT2D eigenvalue weighted by molar-refractivity contribution is -0.120. The van der Waals surface area contributed by atoms with E-state index in [4.69, 9.17) is 20.8 Å². The van der Waals surface area contributed by atoms with Gasteiger partial charge in [-0.15, -0.1) is 0 Å². The predicted octanol–water partition coefficient (Wildman–Crippen LogP) is 4.87. The number of benzene rings is 2. The van der Waals surface area contributed by atoms with Gasteiger partial charge in [-0.3, -0.25) is 4.79 Å². The highest BCUT2D eigenvalue weighted by Crippen LogP contribution is 2.46. The largest absolute Gasteiger partial charge is 0.496 e. The van der Waals surface area contributed by atoms with E-state index in [0.717, 1.165) is 29.7 Å². The first-order valence-corrected chi connectivity index (χ1v) is 13.1. The van der Waals surface area contributed by atoms with Crippen LogP contribution in [0.3, 0.4) is 0 Å². The van der Waals surface area contributed by atoms with Gasteiger partial charge in [0.15, 0.2) is 11.7 Å². The van der Waals surface area contributed by atoms with Crippen LogP contribution in [0.4, 0.5) is 16.2 Å². The maximum Gasteiger partial charge on any atom is 0.317 e. The summed E-state index contributed by atoms with van der Waals surface area (Å²) in [4.78, 5) is 34.0. The van der Waals surface area contributed by atoms with Crippen LogP contribution in [0.2, 0.25) is 5.02 Å². The first-order valence-electron chi connectivity index (χ1n) is 12.7. The lowest BCUT2D eigenvalue weighted by Crippen LogP contribution is -2.53. The molecule has 2 N–H and O–H groups in total. The molecule has 0 bridgehead atoms. The van der Waals surface area contributed by atoms with Crippen molar-refractivity contribution in [3.63, 3.8) is 0 Å². The van der Waals surface area contributed by atoms with Crippen molar-refractivity contribution in [2.75, 3.05) is 50.1 Å². The van der Waals surface area contributed by atoms with Gasteiger partial charge in [0, 0.05) is 62.1 Å². The van der Waals surface area contributed by atoms with Crippen molar-refractivity contribution in [3.8, 4) is 17.1 Å². The smallest absolute Gasteiger partial charge is 0.317 e. The third-order valence-corrected chi connectivity index (χ3v) is 7.75. The standard InChI is InChI=1S/C28H32ClN5O4/c1-18-4-5-20(14-23(18)29)32-26(35)28(8-9-28)17-31-27(36)34-12-10-33(11-13-34)21-6-7-22(24(15-21)37-3)25-16-30-19(2)38-25/h4-7,14-16H,8-13,17H2,1-3H3,(H,31,36)(H,32,35). The molecule has 3 amide bonds. The lowest BCUT2D eigenvalue weighted by atomic mass is 10.1. The highest BCUT2D eigenvalue weighted by atomic mass is 35.5. The normalized spacial score (nSPS) is 16.2. The van der Waals surface area contributed by atoms with E-state index in [2.05, 4.69) is 20.5 Å². The van der Waals surface area contributed by atoms with Gasteiger partial charge in [0.25, 0.3) is 0 Å². The molecule has 3 aromatic rings. The van der Waals surface area contributed by atoms with E-state index in [-0.39, 0.29) is 11.9 Å². The summed E-state index contributed by atoms with van der Waals surface area (Å²) >= 11 is 6.18. The third kappa shape index (κ3) is 5.43. The van der Waals surface area contributed by atoms with E-state index in [1.807, 2.05) is 37.3 Å². The number of methoxy groups -OCH3 is 1. The minimum Gasteiger partial charge on any atom is -0.496 e. The number of rotatable bonds is 7. The number of halogens is 1. The van der Waals surface area contributed by atoms with E-state index in [9.17, 15) is 9.59 Å². The summed E-state index contributed by atoms with van der Waals surface area (Å²) in [6, 6.07) is 11.3. The monoisotopic (exact) mass is 537 g/mol. The van der Waals surface area contributed by atoms with Crippen LogP contribution in [0.25, 0.3) is 11.3 Å². The molecule has 2 heterocycles. The fourth-order valence-corrected chi connectivity index (χ4v) is 4.84. The van der Waals surface area contributed by atoms with Gasteiger partial charge >= 0.3 is 6.03 Å². The molecule has 1 saturated heterocycles. The molecule has 2 fully saturated rings. The van der Waals surface area contributed by atoms with Crippen LogP contribution >= 0.6 is 11.6 Å². The minimum absolute atomic E-state index is 0.0829. The number of oxazole rings is 1. The Hall–Kier alpha value is -3.72. The Labute approximate surface area is 227 Å². The first-order chi connectivity index (χ1) is 18.3. The summed E-state index contributed by atoms with van der Waals surface area (Å²) in [5, 5.41) is 6.55. The average molecular weight is 538 g/mol. The number of aryl methyl sites for hydroxylation is 2. The van der Waals surface area contributed by atoms with Gasteiger partial charge in [0.05, 0.1) is 24.3 Å². The van der Waals surface area contributed by atoms with E-state index < -0.39 is 5.41 Å². The van der Waals surface area contributed by atoms with Gasteiger partial charge in [-0.1, -0.05) is 17.7 Å². The summed E-state index contributed by atoms with van der Waals surface area (Å²) in [7, 11) is 1.64. The number of nitrogens with one attached hydrogen (secondary N) is 2. The van der Waals surface area contributed by atoms with Crippen molar-refractivity contribution in [1.29, 1.82) is 0 Å². The highest BCUT2D eigenvalue weighted by molar-refractivity contribution is 6.31. The predicted molar refractivity (Wildman–Crippen MR) is 147 cm³/mol. The summed E-state index contributed by atoms with van der Waals surface area (Å²) in [5.41, 5.74) is 2.93. The molecule has 2 aromatic carbocycles. The molecular formula is C28H32ClN5O4. The van der Waals surface area contributed by atoms with E-state index in [0.29, 0.717) is 60.8 Å². The number of carbonyl (C=O) groups excluding carboxylic acids is 2. The highest BCUT2D eigenvalue weighted by Gasteiger charge is 2.50. The van der Waals surface area contributed by atoms with E-state index >= 15 is 0 Å². The number of hydrogen-bond donors (Lipinski definition) is 2. The Balaban J connectivity index is 1.13. The minimum atomic E-state index is -0.560. The van der Waals surface area contributed by atoms with Crippen LogP contribution in [0, 0.1) is 19.3 Å². The van der Waals surface area contributed by atoms with Crippen LogP contribution in [-0.4, -0.2) is 61.7 Å². The van der Waals surface area contributed by atoms with Gasteiger partial charge in [-0.2, -0.15) is 0 Å². The van der Waals surface area contributed by atoms with Crippen LogP contribution < -0.4 is 20.3 Å². The quantitative estimate of drug-likeness (QED) is 0.446. The van der Waals surface area contributed by atoms with Crippen molar-refractivity contribution in [1.82, 2.24) is 15.2 Å². The summed E-state index contributed by atoms with van der Waals surface area (Å²) in [6.45, 7) is 6.59. The van der Waals surface area contributed by atoms with Crippen LogP contribution in [-0.2, 0) is 4.79 Å². The van der Waals surface area contributed by atoms with E-state index in [1.54, 1.807) is 31.2 Å². The number of aromatic nitrogens is 1. The Kier molecular flexibility index (Phi) is 7.21. The third-order valence-electron chi connectivity index (χ3n) is 7.35. The number of carbonyl (C=O) groups is 2. The molecule has 9 nitrogen and oxygen atoms in total. The van der Waals surface area contributed by atoms with Crippen molar-refractivity contribution in [3.05, 3.63) is 59.1 Å². The lowest BCUT2D eigenvalue weighted by Gasteiger charge is -2.36. The zero-order chi connectivity index (χ0) is 26.9. The van der Waals surface area contributed by atoms with Crippen molar-refractivity contribution >= 4 is 34.9 Å². The number of anilines is 2. The maximum absolute atomic E-state index is 12.9. The Bertz CT molecular complexity index is 1340. The fraction of sp³-hybridized carbons (Fsp3) is 0.393. The molecule has 1 saturated carbocycles. The molecule has 5 rings (SSSR count). The second-order valence-electron chi connectivity index (χ2n) is 9.96. The molecule has 1 aliphatic carbocycles. The molecule has 200 valence electrons. The molecular weight excluding hydrogens is 506 g/mol. The molecule has 0 atom stereocenters. The van der Waals surface area contributed by atoms with Crippen molar-refractivity contribution in [2.45, 2.75) is 26.7 Å². The molecule has 1 aliphatic heterocycles. The van der Waals surface area contributed by atoms with Gasteiger partial charge in [-0.05, 0) is 49.6 Å². The fourth-order valence-electron chi connectivity index (χ4n) is 4.66. The Morgan fingerprint density at radius 2 is 1.87 bits per heavy atom. The molecule has 10 heteroatoms. The summed E-state index contributed by atoms with van der Waals surface area (Å²) in [6.07, 6.45) is 3.19. The summed E-state index contributed by atoms with van der Waals surface area (Å²) < 4.78 is 11.3.